The summed E-state index contributed by atoms with van der Waals surface area (Å²) < 4.78 is 7.47. The van der Waals surface area contributed by atoms with Gasteiger partial charge >= 0.3 is 0 Å². The number of rotatable bonds is 8. The molecule has 0 bridgehead atoms. The minimum Gasteiger partial charge on any atom is -0.496 e. The number of hydrogen-bond acceptors (Lipinski definition) is 5. The summed E-state index contributed by atoms with van der Waals surface area (Å²) in [6, 6.07) is 8.22. The molecule has 1 aromatic heterocycles. The molecule has 1 aromatic carbocycles. The fourth-order valence-corrected chi connectivity index (χ4v) is 3.83. The number of para-hydroxylation sites is 1. The molecule has 134 valence electrons. The van der Waals surface area contributed by atoms with E-state index in [1.165, 1.54) is 11.8 Å². The van der Waals surface area contributed by atoms with Crippen LogP contribution >= 0.6 is 11.8 Å². The molecule has 0 N–H and O–H groups in total. The summed E-state index contributed by atoms with van der Waals surface area (Å²) in [5.74, 6) is 2.11. The van der Waals surface area contributed by atoms with E-state index < -0.39 is 0 Å². The average molecular weight is 360 g/mol. The predicted octanol–water partition coefficient (Wildman–Crippen LogP) is 3.08. The van der Waals surface area contributed by atoms with E-state index in [2.05, 4.69) is 17.1 Å². The predicted molar refractivity (Wildman–Crippen MR) is 98.8 cm³/mol. The van der Waals surface area contributed by atoms with Gasteiger partial charge in [-0.3, -0.25) is 4.79 Å². The molecule has 1 heterocycles. The Balaban J connectivity index is 1.77. The van der Waals surface area contributed by atoms with E-state index in [9.17, 15) is 4.79 Å². The molecule has 0 unspecified atom stereocenters. The first kappa shape index (κ1) is 17.8. The first-order chi connectivity index (χ1) is 12.2. The first-order valence-corrected chi connectivity index (χ1v) is 9.67. The van der Waals surface area contributed by atoms with Gasteiger partial charge in [0.05, 0.1) is 18.4 Å². The van der Waals surface area contributed by atoms with Gasteiger partial charge in [0.15, 0.2) is 11.0 Å². The minimum atomic E-state index is 0.180. The van der Waals surface area contributed by atoms with E-state index in [0.717, 1.165) is 48.2 Å². The molecule has 0 spiro atoms. The van der Waals surface area contributed by atoms with Crippen LogP contribution in [0.3, 0.4) is 0 Å². The highest BCUT2D eigenvalue weighted by atomic mass is 32.2. The Morgan fingerprint density at radius 3 is 2.72 bits per heavy atom. The van der Waals surface area contributed by atoms with Crippen LogP contribution in [0.15, 0.2) is 29.4 Å². The maximum atomic E-state index is 12.4. The summed E-state index contributed by atoms with van der Waals surface area (Å²) in [6.45, 7) is 5.60. The lowest BCUT2D eigenvalue weighted by Crippen LogP contribution is -2.34. The number of methoxy groups -OCH3 is 1. The van der Waals surface area contributed by atoms with Gasteiger partial charge in [0.2, 0.25) is 5.91 Å². The lowest BCUT2D eigenvalue weighted by atomic mass is 10.2. The molecule has 1 fully saturated rings. The molecule has 3 rings (SSSR count). The second kappa shape index (κ2) is 7.91. The van der Waals surface area contributed by atoms with E-state index in [1.54, 1.807) is 7.11 Å². The van der Waals surface area contributed by atoms with Crippen LogP contribution in [0.4, 0.5) is 0 Å². The summed E-state index contributed by atoms with van der Waals surface area (Å²) in [6.07, 6.45) is 2.26. The Morgan fingerprint density at radius 2 is 2.08 bits per heavy atom. The van der Waals surface area contributed by atoms with Gasteiger partial charge in [-0.1, -0.05) is 23.9 Å². The van der Waals surface area contributed by atoms with Crippen LogP contribution in [0.5, 0.6) is 5.75 Å². The third-order valence-corrected chi connectivity index (χ3v) is 5.31. The maximum Gasteiger partial charge on any atom is 0.233 e. The van der Waals surface area contributed by atoms with E-state index >= 15 is 0 Å². The summed E-state index contributed by atoms with van der Waals surface area (Å²) >= 11 is 1.45. The van der Waals surface area contributed by atoms with Gasteiger partial charge in [-0.15, -0.1) is 10.2 Å². The van der Waals surface area contributed by atoms with Crippen LogP contribution < -0.4 is 4.74 Å². The quantitative estimate of drug-likeness (QED) is 0.677. The van der Waals surface area contributed by atoms with Crippen molar-refractivity contribution in [1.82, 2.24) is 19.7 Å². The van der Waals surface area contributed by atoms with Crippen molar-refractivity contribution in [3.05, 3.63) is 24.3 Å². The van der Waals surface area contributed by atoms with Crippen LogP contribution in [-0.4, -0.2) is 51.0 Å². The number of hydrogen-bond donors (Lipinski definition) is 0. The van der Waals surface area contributed by atoms with Gasteiger partial charge in [0.1, 0.15) is 5.75 Å². The molecule has 0 radical (unpaired) electrons. The van der Waals surface area contributed by atoms with Gasteiger partial charge in [0.25, 0.3) is 0 Å². The molecule has 25 heavy (non-hydrogen) atoms. The van der Waals surface area contributed by atoms with Gasteiger partial charge in [-0.05, 0) is 38.8 Å². The van der Waals surface area contributed by atoms with Crippen molar-refractivity contribution in [3.63, 3.8) is 0 Å². The molecule has 1 saturated carbocycles. The molecular formula is C18H24N4O2S. The van der Waals surface area contributed by atoms with E-state index in [-0.39, 0.29) is 5.91 Å². The number of amides is 1. The Bertz CT molecular complexity index is 742. The minimum absolute atomic E-state index is 0.180. The molecule has 6 nitrogen and oxygen atoms in total. The zero-order valence-corrected chi connectivity index (χ0v) is 15.8. The van der Waals surface area contributed by atoms with Gasteiger partial charge < -0.3 is 14.2 Å². The van der Waals surface area contributed by atoms with Crippen molar-refractivity contribution >= 4 is 17.7 Å². The van der Waals surface area contributed by atoms with Crippen molar-refractivity contribution < 1.29 is 9.53 Å². The van der Waals surface area contributed by atoms with Crippen molar-refractivity contribution in [2.24, 2.45) is 0 Å². The zero-order chi connectivity index (χ0) is 17.8. The molecule has 1 aliphatic carbocycles. The Labute approximate surface area is 152 Å². The average Bonchev–Trinajstić information content (AvgIpc) is 3.39. The van der Waals surface area contributed by atoms with Gasteiger partial charge in [-0.25, -0.2) is 0 Å². The monoisotopic (exact) mass is 360 g/mol. The summed E-state index contributed by atoms with van der Waals surface area (Å²) in [5.41, 5.74) is 0.908. The Morgan fingerprint density at radius 1 is 1.32 bits per heavy atom. The topological polar surface area (TPSA) is 60.3 Å². The highest BCUT2D eigenvalue weighted by molar-refractivity contribution is 7.99. The van der Waals surface area contributed by atoms with Crippen LogP contribution in [-0.2, 0) is 11.3 Å². The number of thioether (sulfide) groups is 1. The molecule has 0 aliphatic heterocycles. The molecule has 0 saturated heterocycles. The summed E-state index contributed by atoms with van der Waals surface area (Å²) in [7, 11) is 1.65. The second-order valence-electron chi connectivity index (χ2n) is 5.95. The van der Waals surface area contributed by atoms with Crippen molar-refractivity contribution in [3.8, 4) is 17.1 Å². The number of carbonyl (C=O) groups is 1. The van der Waals surface area contributed by atoms with Crippen LogP contribution in [0, 0.1) is 0 Å². The zero-order valence-electron chi connectivity index (χ0n) is 14.9. The van der Waals surface area contributed by atoms with E-state index in [4.69, 9.17) is 4.74 Å². The highest BCUT2D eigenvalue weighted by Gasteiger charge is 2.31. The third-order valence-electron chi connectivity index (χ3n) is 4.35. The third kappa shape index (κ3) is 3.81. The lowest BCUT2D eigenvalue weighted by Gasteiger charge is -2.19. The van der Waals surface area contributed by atoms with E-state index in [0.29, 0.717) is 11.8 Å². The standard InChI is InChI=1S/C18H24N4O2S/c1-4-21(13-10-11-13)16(23)12-25-18-20-19-17(22(18)5-2)14-8-6-7-9-15(14)24-3/h6-9,13H,4-5,10-12H2,1-3H3. The second-order valence-corrected chi connectivity index (χ2v) is 6.89. The molecule has 1 aliphatic rings. The molecule has 0 atom stereocenters. The van der Waals surface area contributed by atoms with Crippen LogP contribution in [0.25, 0.3) is 11.4 Å². The summed E-state index contributed by atoms with van der Waals surface area (Å²) in [4.78, 5) is 14.4. The van der Waals surface area contributed by atoms with Crippen molar-refractivity contribution in [2.75, 3.05) is 19.4 Å². The molecule has 1 amide bonds. The Kier molecular flexibility index (Phi) is 5.63. The maximum absolute atomic E-state index is 12.4. The highest BCUT2D eigenvalue weighted by Crippen LogP contribution is 2.31. The molecule has 2 aromatic rings. The van der Waals surface area contributed by atoms with Gasteiger partial charge in [0, 0.05) is 19.1 Å². The molecular weight excluding hydrogens is 336 g/mol. The summed E-state index contributed by atoms with van der Waals surface area (Å²) in [5, 5.41) is 9.42. The smallest absolute Gasteiger partial charge is 0.233 e. The lowest BCUT2D eigenvalue weighted by molar-refractivity contribution is -0.128. The first-order valence-electron chi connectivity index (χ1n) is 8.68. The molecule has 7 heteroatoms. The fourth-order valence-electron chi connectivity index (χ4n) is 2.94. The van der Waals surface area contributed by atoms with Crippen LogP contribution in [0.1, 0.15) is 26.7 Å². The van der Waals surface area contributed by atoms with Crippen LogP contribution in [0.2, 0.25) is 0 Å². The van der Waals surface area contributed by atoms with Crippen molar-refractivity contribution in [2.45, 2.75) is 44.4 Å². The SMILES string of the molecule is CCN(C(=O)CSc1nnc(-c2ccccc2OC)n1CC)C1CC1. The fraction of sp³-hybridized carbons (Fsp3) is 0.500. The largest absolute Gasteiger partial charge is 0.496 e. The normalized spacial score (nSPS) is 13.7. The van der Waals surface area contributed by atoms with E-state index in [1.807, 2.05) is 40.7 Å². The number of ether oxygens (including phenoxy) is 1. The number of nitrogens with zero attached hydrogens (tertiary/aromatic N) is 4. The number of benzene rings is 1. The van der Waals surface area contributed by atoms with Crippen molar-refractivity contribution in [1.29, 1.82) is 0 Å². The Hall–Kier alpha value is -2.02. The number of aromatic nitrogens is 3. The van der Waals surface area contributed by atoms with Gasteiger partial charge in [-0.2, -0.15) is 0 Å². The number of carbonyl (C=O) groups excluding carboxylic acids is 1.